The number of hydrogen-bond donors (Lipinski definition) is 1. The highest BCUT2D eigenvalue weighted by Gasteiger charge is 2.15. The molecule has 1 heterocycles. The molecule has 4 nitrogen and oxygen atoms in total. The molecule has 0 aromatic carbocycles. The Hall–Kier alpha value is -1.58. The minimum Gasteiger partial charge on any atom is -0.494 e. The number of aromatic nitrogens is 1. The standard InChI is InChI=1S/C10H13NO3/c1-3-4-7-5-6-11-8(10(12)13)9(7)14-2/h5-6H,3-4H2,1-2H3,(H,12,13). The van der Waals surface area contributed by atoms with Crippen LogP contribution in [0.4, 0.5) is 0 Å². The summed E-state index contributed by atoms with van der Waals surface area (Å²) in [5.74, 6) is -0.679. The van der Waals surface area contributed by atoms with E-state index in [0.29, 0.717) is 5.75 Å². The number of carboxylic acid groups (broad SMARTS) is 1. The maximum Gasteiger partial charge on any atom is 0.358 e. The predicted octanol–water partition coefficient (Wildman–Crippen LogP) is 1.74. The van der Waals surface area contributed by atoms with Crippen LogP contribution < -0.4 is 4.74 Å². The van der Waals surface area contributed by atoms with E-state index >= 15 is 0 Å². The van der Waals surface area contributed by atoms with Crippen molar-refractivity contribution in [1.82, 2.24) is 4.98 Å². The summed E-state index contributed by atoms with van der Waals surface area (Å²) in [6.07, 6.45) is 3.24. The first-order valence-corrected chi connectivity index (χ1v) is 4.45. The van der Waals surface area contributed by atoms with E-state index in [1.807, 2.05) is 6.92 Å². The Labute approximate surface area is 82.5 Å². The summed E-state index contributed by atoms with van der Waals surface area (Å²) in [4.78, 5) is 14.6. The molecule has 1 N–H and O–H groups in total. The van der Waals surface area contributed by atoms with Crippen molar-refractivity contribution in [3.05, 3.63) is 23.5 Å². The Morgan fingerprint density at radius 1 is 1.64 bits per heavy atom. The number of nitrogens with zero attached hydrogens (tertiary/aromatic N) is 1. The van der Waals surface area contributed by atoms with E-state index in [9.17, 15) is 4.79 Å². The Morgan fingerprint density at radius 3 is 2.86 bits per heavy atom. The van der Waals surface area contributed by atoms with Crippen molar-refractivity contribution in [1.29, 1.82) is 0 Å². The number of aryl methyl sites for hydroxylation is 1. The van der Waals surface area contributed by atoms with Gasteiger partial charge in [0, 0.05) is 6.20 Å². The van der Waals surface area contributed by atoms with Gasteiger partial charge in [-0.15, -0.1) is 0 Å². The number of rotatable bonds is 4. The molecule has 0 fully saturated rings. The van der Waals surface area contributed by atoms with Gasteiger partial charge >= 0.3 is 5.97 Å². The Kier molecular flexibility index (Phi) is 3.45. The average molecular weight is 195 g/mol. The minimum atomic E-state index is -1.06. The largest absolute Gasteiger partial charge is 0.494 e. The van der Waals surface area contributed by atoms with Crippen molar-refractivity contribution < 1.29 is 14.6 Å². The Morgan fingerprint density at radius 2 is 2.36 bits per heavy atom. The molecule has 4 heteroatoms. The third kappa shape index (κ3) is 2.02. The molecular weight excluding hydrogens is 182 g/mol. The van der Waals surface area contributed by atoms with Gasteiger partial charge in [-0.05, 0) is 18.1 Å². The monoisotopic (exact) mass is 195 g/mol. The van der Waals surface area contributed by atoms with E-state index in [0.717, 1.165) is 18.4 Å². The van der Waals surface area contributed by atoms with Crippen molar-refractivity contribution in [3.63, 3.8) is 0 Å². The molecule has 0 aliphatic carbocycles. The van der Waals surface area contributed by atoms with E-state index < -0.39 is 5.97 Å². The fourth-order valence-electron chi connectivity index (χ4n) is 1.33. The molecule has 0 saturated heterocycles. The Bertz CT molecular complexity index is 336. The lowest BCUT2D eigenvalue weighted by atomic mass is 10.1. The summed E-state index contributed by atoms with van der Waals surface area (Å²) in [5.41, 5.74) is 0.876. The summed E-state index contributed by atoms with van der Waals surface area (Å²) in [6, 6.07) is 1.79. The maximum absolute atomic E-state index is 10.8. The van der Waals surface area contributed by atoms with Crippen LogP contribution in [0.2, 0.25) is 0 Å². The van der Waals surface area contributed by atoms with Crippen LogP contribution in [0.3, 0.4) is 0 Å². The van der Waals surface area contributed by atoms with Crippen LogP contribution in [-0.2, 0) is 6.42 Å². The van der Waals surface area contributed by atoms with Gasteiger partial charge < -0.3 is 9.84 Å². The van der Waals surface area contributed by atoms with E-state index in [-0.39, 0.29) is 5.69 Å². The van der Waals surface area contributed by atoms with E-state index in [2.05, 4.69) is 4.98 Å². The normalized spacial score (nSPS) is 9.86. The van der Waals surface area contributed by atoms with Crippen LogP contribution in [0.5, 0.6) is 5.75 Å². The molecule has 14 heavy (non-hydrogen) atoms. The SMILES string of the molecule is CCCc1ccnc(C(=O)O)c1OC. The molecule has 0 aliphatic rings. The molecule has 0 atom stereocenters. The molecule has 0 unspecified atom stereocenters. The van der Waals surface area contributed by atoms with Crippen LogP contribution in [0.15, 0.2) is 12.3 Å². The number of methoxy groups -OCH3 is 1. The zero-order valence-corrected chi connectivity index (χ0v) is 8.28. The number of hydrogen-bond acceptors (Lipinski definition) is 3. The first-order valence-electron chi connectivity index (χ1n) is 4.45. The second-order valence-corrected chi connectivity index (χ2v) is 2.91. The fraction of sp³-hybridized carbons (Fsp3) is 0.400. The molecular formula is C10H13NO3. The summed E-state index contributed by atoms with van der Waals surface area (Å²) >= 11 is 0. The summed E-state index contributed by atoms with van der Waals surface area (Å²) in [7, 11) is 1.46. The molecule has 0 bridgehead atoms. The highest BCUT2D eigenvalue weighted by molar-refractivity contribution is 5.89. The lowest BCUT2D eigenvalue weighted by molar-refractivity contribution is 0.0686. The van der Waals surface area contributed by atoms with Gasteiger partial charge in [0.05, 0.1) is 7.11 Å². The molecule has 0 amide bonds. The van der Waals surface area contributed by atoms with Crippen LogP contribution >= 0.6 is 0 Å². The van der Waals surface area contributed by atoms with Crippen molar-refractivity contribution in [3.8, 4) is 5.75 Å². The molecule has 0 saturated carbocycles. The maximum atomic E-state index is 10.8. The third-order valence-electron chi connectivity index (χ3n) is 1.91. The first-order chi connectivity index (χ1) is 6.70. The summed E-state index contributed by atoms with van der Waals surface area (Å²) in [6.45, 7) is 2.03. The topological polar surface area (TPSA) is 59.4 Å². The van der Waals surface area contributed by atoms with E-state index in [1.54, 1.807) is 6.07 Å². The average Bonchev–Trinajstić information content (AvgIpc) is 2.18. The fourth-order valence-corrected chi connectivity index (χ4v) is 1.33. The van der Waals surface area contributed by atoms with Crippen LogP contribution in [0.1, 0.15) is 29.4 Å². The quantitative estimate of drug-likeness (QED) is 0.795. The molecule has 1 aromatic rings. The Balaban J connectivity index is 3.17. The van der Waals surface area contributed by atoms with Gasteiger partial charge in [0.2, 0.25) is 0 Å². The molecule has 0 spiro atoms. The molecule has 1 aromatic heterocycles. The van der Waals surface area contributed by atoms with Crippen LogP contribution in [-0.4, -0.2) is 23.2 Å². The lowest BCUT2D eigenvalue weighted by Crippen LogP contribution is -2.06. The highest BCUT2D eigenvalue weighted by Crippen LogP contribution is 2.22. The number of ether oxygens (including phenoxy) is 1. The van der Waals surface area contributed by atoms with E-state index in [4.69, 9.17) is 9.84 Å². The second kappa shape index (κ2) is 4.60. The summed E-state index contributed by atoms with van der Waals surface area (Å²) in [5, 5.41) is 8.85. The van der Waals surface area contributed by atoms with Gasteiger partial charge in [0.25, 0.3) is 0 Å². The predicted molar refractivity (Wildman–Crippen MR) is 51.7 cm³/mol. The third-order valence-corrected chi connectivity index (χ3v) is 1.91. The first kappa shape index (κ1) is 10.5. The number of pyridine rings is 1. The van der Waals surface area contributed by atoms with Crippen LogP contribution in [0, 0.1) is 0 Å². The van der Waals surface area contributed by atoms with Crippen molar-refractivity contribution in [2.75, 3.05) is 7.11 Å². The smallest absolute Gasteiger partial charge is 0.358 e. The molecule has 0 aliphatic heterocycles. The molecule has 76 valence electrons. The molecule has 0 radical (unpaired) electrons. The lowest BCUT2D eigenvalue weighted by Gasteiger charge is -2.08. The van der Waals surface area contributed by atoms with Gasteiger partial charge in [0.15, 0.2) is 11.4 Å². The zero-order chi connectivity index (χ0) is 10.6. The van der Waals surface area contributed by atoms with Crippen LogP contribution in [0.25, 0.3) is 0 Å². The van der Waals surface area contributed by atoms with Gasteiger partial charge in [-0.1, -0.05) is 13.3 Å². The van der Waals surface area contributed by atoms with Crippen molar-refractivity contribution >= 4 is 5.97 Å². The van der Waals surface area contributed by atoms with Gasteiger partial charge in [-0.25, -0.2) is 9.78 Å². The second-order valence-electron chi connectivity index (χ2n) is 2.91. The van der Waals surface area contributed by atoms with E-state index in [1.165, 1.54) is 13.3 Å². The number of carbonyl (C=O) groups is 1. The van der Waals surface area contributed by atoms with Gasteiger partial charge in [-0.2, -0.15) is 0 Å². The number of aromatic carboxylic acids is 1. The summed E-state index contributed by atoms with van der Waals surface area (Å²) < 4.78 is 5.05. The van der Waals surface area contributed by atoms with Gasteiger partial charge in [-0.3, -0.25) is 0 Å². The van der Waals surface area contributed by atoms with Crippen molar-refractivity contribution in [2.45, 2.75) is 19.8 Å². The molecule has 1 rings (SSSR count). The zero-order valence-electron chi connectivity index (χ0n) is 8.28. The van der Waals surface area contributed by atoms with Gasteiger partial charge in [0.1, 0.15) is 0 Å². The van der Waals surface area contributed by atoms with Crippen molar-refractivity contribution in [2.24, 2.45) is 0 Å². The highest BCUT2D eigenvalue weighted by atomic mass is 16.5. The minimum absolute atomic E-state index is 0.0153. The number of carboxylic acids is 1.